The number of fused-ring (bicyclic) bond motifs is 1. The van der Waals surface area contributed by atoms with Crippen LogP contribution in [0.2, 0.25) is 0 Å². The lowest BCUT2D eigenvalue weighted by Gasteiger charge is -2.23. The van der Waals surface area contributed by atoms with Crippen molar-refractivity contribution in [1.82, 2.24) is 0 Å². The Bertz CT molecular complexity index is 448. The predicted octanol–water partition coefficient (Wildman–Crippen LogP) is 3.55. The summed E-state index contributed by atoms with van der Waals surface area (Å²) in [7, 11) is 0. The van der Waals surface area contributed by atoms with Crippen LogP contribution < -0.4 is 0 Å². The lowest BCUT2D eigenvalue weighted by molar-refractivity contribution is -0.171. The first-order chi connectivity index (χ1) is 9.59. The van der Waals surface area contributed by atoms with Gasteiger partial charge in [0.05, 0.1) is 18.8 Å². The molecule has 4 heteroatoms. The van der Waals surface area contributed by atoms with Crippen molar-refractivity contribution >= 4 is 22.6 Å². The number of hydrogen-bond acceptors (Lipinski definition) is 3. The van der Waals surface area contributed by atoms with Crippen LogP contribution in [0.25, 0.3) is 0 Å². The molecule has 0 radical (unpaired) electrons. The quantitative estimate of drug-likeness (QED) is 0.584. The molecular formula is C16H21IO3. The van der Waals surface area contributed by atoms with E-state index in [4.69, 9.17) is 14.2 Å². The fourth-order valence-electron chi connectivity index (χ4n) is 3.13. The highest BCUT2D eigenvalue weighted by Gasteiger charge is 2.53. The molecular weight excluding hydrogens is 367 g/mol. The van der Waals surface area contributed by atoms with Gasteiger partial charge in [0.1, 0.15) is 6.10 Å². The Morgan fingerprint density at radius 1 is 1.20 bits per heavy atom. The molecule has 20 heavy (non-hydrogen) atoms. The molecule has 1 saturated carbocycles. The molecule has 1 aliphatic heterocycles. The number of rotatable bonds is 4. The molecule has 0 N–H and O–H groups in total. The molecule has 1 aromatic rings. The zero-order chi connectivity index (χ0) is 14.2. The molecule has 2 fully saturated rings. The van der Waals surface area contributed by atoms with Gasteiger partial charge in [0.2, 0.25) is 0 Å². The van der Waals surface area contributed by atoms with Gasteiger partial charge < -0.3 is 14.2 Å². The van der Waals surface area contributed by atoms with Crippen LogP contribution in [-0.4, -0.2) is 28.5 Å². The second kappa shape index (κ2) is 5.91. The average molecular weight is 388 g/mol. The van der Waals surface area contributed by atoms with E-state index in [0.29, 0.717) is 12.5 Å². The summed E-state index contributed by atoms with van der Waals surface area (Å²) >= 11 is 2.44. The average Bonchev–Trinajstić information content (AvgIpc) is 2.91. The third-order valence-electron chi connectivity index (χ3n) is 4.03. The molecule has 0 aromatic heterocycles. The van der Waals surface area contributed by atoms with Crippen molar-refractivity contribution in [3.63, 3.8) is 0 Å². The summed E-state index contributed by atoms with van der Waals surface area (Å²) in [5.74, 6) is 0.0527. The van der Waals surface area contributed by atoms with Crippen LogP contribution >= 0.6 is 22.6 Å². The zero-order valence-corrected chi connectivity index (χ0v) is 14.1. The van der Waals surface area contributed by atoms with E-state index >= 15 is 0 Å². The van der Waals surface area contributed by atoms with E-state index in [9.17, 15) is 0 Å². The Kier molecular flexibility index (Phi) is 4.36. The van der Waals surface area contributed by atoms with Gasteiger partial charge in [-0.25, -0.2) is 0 Å². The molecule has 0 spiro atoms. The van der Waals surface area contributed by atoms with E-state index < -0.39 is 5.79 Å². The van der Waals surface area contributed by atoms with Gasteiger partial charge in [-0.2, -0.15) is 0 Å². The SMILES string of the molecule is CC1(C)O[C@@H]2[C@@H](CI)C[C@@H](OCc3ccccc3)[C@@H]2O1. The molecule has 1 heterocycles. The maximum atomic E-state index is 6.12. The zero-order valence-electron chi connectivity index (χ0n) is 11.9. The third-order valence-corrected chi connectivity index (χ3v) is 5.17. The second-order valence-electron chi connectivity index (χ2n) is 6.05. The van der Waals surface area contributed by atoms with Gasteiger partial charge in [0.25, 0.3) is 0 Å². The van der Waals surface area contributed by atoms with Crippen LogP contribution in [0, 0.1) is 5.92 Å². The summed E-state index contributed by atoms with van der Waals surface area (Å²) in [4.78, 5) is 0. The summed E-state index contributed by atoms with van der Waals surface area (Å²) in [6.45, 7) is 4.63. The van der Waals surface area contributed by atoms with Crippen LogP contribution in [0.4, 0.5) is 0 Å². The van der Waals surface area contributed by atoms with Crippen molar-refractivity contribution in [3.8, 4) is 0 Å². The third kappa shape index (κ3) is 3.03. The molecule has 4 atom stereocenters. The maximum Gasteiger partial charge on any atom is 0.163 e. The Morgan fingerprint density at radius 3 is 2.60 bits per heavy atom. The Balaban J connectivity index is 1.65. The first-order valence-corrected chi connectivity index (χ1v) is 8.69. The summed E-state index contributed by atoms with van der Waals surface area (Å²) in [6.07, 6.45) is 1.43. The van der Waals surface area contributed by atoms with Gasteiger partial charge in [-0.15, -0.1) is 0 Å². The van der Waals surface area contributed by atoms with Crippen molar-refractivity contribution in [1.29, 1.82) is 0 Å². The predicted molar refractivity (Wildman–Crippen MR) is 85.8 cm³/mol. The minimum Gasteiger partial charge on any atom is -0.371 e. The van der Waals surface area contributed by atoms with Crippen LogP contribution in [0.5, 0.6) is 0 Å². The number of alkyl halides is 1. The fourth-order valence-corrected chi connectivity index (χ4v) is 3.99. The number of halogens is 1. The molecule has 1 aromatic carbocycles. The molecule has 3 rings (SSSR count). The van der Waals surface area contributed by atoms with Crippen molar-refractivity contribution in [2.45, 2.75) is 51.0 Å². The summed E-state index contributed by atoms with van der Waals surface area (Å²) < 4.78 is 19.3. The molecule has 2 aliphatic rings. The first kappa shape index (κ1) is 14.8. The van der Waals surface area contributed by atoms with Gasteiger partial charge in [-0.3, -0.25) is 0 Å². The minimum absolute atomic E-state index is 0.0773. The standard InChI is InChI=1S/C16H21IO3/c1-16(2)19-14-12(9-17)8-13(15(14)20-16)18-10-11-6-4-3-5-7-11/h3-7,12-15H,8-10H2,1-2H3/t12-,13-,14-,15+/m1/s1. The van der Waals surface area contributed by atoms with Crippen LogP contribution in [0.3, 0.4) is 0 Å². The fraction of sp³-hybridized carbons (Fsp3) is 0.625. The highest BCUT2D eigenvalue weighted by atomic mass is 127. The van der Waals surface area contributed by atoms with Gasteiger partial charge >= 0.3 is 0 Å². The highest BCUT2D eigenvalue weighted by Crippen LogP contribution is 2.43. The topological polar surface area (TPSA) is 27.7 Å². The smallest absolute Gasteiger partial charge is 0.163 e. The van der Waals surface area contributed by atoms with Crippen molar-refractivity contribution < 1.29 is 14.2 Å². The molecule has 3 nitrogen and oxygen atoms in total. The normalized spacial score (nSPS) is 35.1. The number of ether oxygens (including phenoxy) is 3. The minimum atomic E-state index is -0.478. The molecule has 0 amide bonds. The van der Waals surface area contributed by atoms with E-state index in [1.807, 2.05) is 32.0 Å². The number of hydrogen-bond donors (Lipinski definition) is 0. The van der Waals surface area contributed by atoms with E-state index in [1.165, 1.54) is 5.56 Å². The van der Waals surface area contributed by atoms with E-state index in [-0.39, 0.29) is 18.3 Å². The van der Waals surface area contributed by atoms with E-state index in [0.717, 1.165) is 10.8 Å². The second-order valence-corrected chi connectivity index (χ2v) is 6.93. The van der Waals surface area contributed by atoms with Crippen LogP contribution in [-0.2, 0) is 20.8 Å². The van der Waals surface area contributed by atoms with E-state index in [2.05, 4.69) is 34.7 Å². The molecule has 0 bridgehead atoms. The summed E-state index contributed by atoms with van der Waals surface area (Å²) in [5, 5.41) is 0. The van der Waals surface area contributed by atoms with Crippen molar-refractivity contribution in [2.75, 3.05) is 4.43 Å². The lowest BCUT2D eigenvalue weighted by Crippen LogP contribution is -2.30. The highest BCUT2D eigenvalue weighted by molar-refractivity contribution is 14.1. The first-order valence-electron chi connectivity index (χ1n) is 7.16. The van der Waals surface area contributed by atoms with Gasteiger partial charge in [-0.05, 0) is 31.7 Å². The van der Waals surface area contributed by atoms with Crippen LogP contribution in [0.15, 0.2) is 30.3 Å². The Labute approximate surface area is 134 Å². The largest absolute Gasteiger partial charge is 0.371 e. The maximum absolute atomic E-state index is 6.12. The van der Waals surface area contributed by atoms with Gasteiger partial charge in [-0.1, -0.05) is 52.9 Å². The van der Waals surface area contributed by atoms with E-state index in [1.54, 1.807) is 0 Å². The molecule has 1 aliphatic carbocycles. The summed E-state index contributed by atoms with van der Waals surface area (Å²) in [6, 6.07) is 10.3. The van der Waals surface area contributed by atoms with Crippen LogP contribution in [0.1, 0.15) is 25.8 Å². The van der Waals surface area contributed by atoms with Gasteiger partial charge in [0, 0.05) is 4.43 Å². The Morgan fingerprint density at radius 2 is 1.90 bits per heavy atom. The monoisotopic (exact) mass is 388 g/mol. The van der Waals surface area contributed by atoms with Gasteiger partial charge in [0.15, 0.2) is 5.79 Å². The van der Waals surface area contributed by atoms with Crippen molar-refractivity contribution in [2.24, 2.45) is 5.92 Å². The molecule has 0 unspecified atom stereocenters. The molecule has 1 saturated heterocycles. The summed E-state index contributed by atoms with van der Waals surface area (Å²) in [5.41, 5.74) is 1.21. The molecule has 110 valence electrons. The number of benzene rings is 1. The lowest BCUT2D eigenvalue weighted by atomic mass is 10.1. The Hall–Kier alpha value is -0.170. The van der Waals surface area contributed by atoms with Crippen molar-refractivity contribution in [3.05, 3.63) is 35.9 Å².